The number of carbonyl (C=O) groups excluding carboxylic acids is 1. The van der Waals surface area contributed by atoms with Gasteiger partial charge in [-0.2, -0.15) is 0 Å². The summed E-state index contributed by atoms with van der Waals surface area (Å²) in [6.45, 7) is 10.4. The fourth-order valence-electron chi connectivity index (χ4n) is 3.86. The van der Waals surface area contributed by atoms with Gasteiger partial charge in [0, 0.05) is 19.5 Å². The van der Waals surface area contributed by atoms with E-state index in [9.17, 15) is 14.4 Å². The number of aromatic amines is 1. The third-order valence-electron chi connectivity index (χ3n) is 5.22. The summed E-state index contributed by atoms with van der Waals surface area (Å²) < 4.78 is 3.20. The van der Waals surface area contributed by atoms with Gasteiger partial charge < -0.3 is 15.2 Å². The molecule has 3 aromatic rings. The summed E-state index contributed by atoms with van der Waals surface area (Å²) in [4.78, 5) is 47.1. The van der Waals surface area contributed by atoms with Crippen molar-refractivity contribution < 1.29 is 4.79 Å². The summed E-state index contributed by atoms with van der Waals surface area (Å²) in [7, 11) is 0. The molecule has 0 fully saturated rings. The van der Waals surface area contributed by atoms with Crippen LogP contribution in [-0.2, 0) is 24.3 Å². The molecule has 0 aliphatic heterocycles. The minimum atomic E-state index is -0.660. The van der Waals surface area contributed by atoms with Crippen molar-refractivity contribution in [3.8, 4) is 0 Å². The maximum absolute atomic E-state index is 13.6. The molecular weight excluding hydrogens is 408 g/mol. The maximum Gasteiger partial charge on any atom is 0.330 e. The standard InChI is InChI=1S/C23H32N6O3/c1-6-18-25-16-9-7-8-10-17(16)27(18)13-19(30)28(11-14(2)3)20-21(24)29(12-15(4)5)23(32)26-22(20)31/h7-10,14-15H,6,11-13,24H2,1-5H3,(H,26,31,32). The van der Waals surface area contributed by atoms with E-state index in [1.165, 1.54) is 9.47 Å². The van der Waals surface area contributed by atoms with Gasteiger partial charge >= 0.3 is 5.69 Å². The summed E-state index contributed by atoms with van der Waals surface area (Å²) in [6.07, 6.45) is 0.661. The van der Waals surface area contributed by atoms with Gasteiger partial charge in [0.2, 0.25) is 5.91 Å². The quantitative estimate of drug-likeness (QED) is 0.557. The summed E-state index contributed by atoms with van der Waals surface area (Å²) >= 11 is 0. The van der Waals surface area contributed by atoms with E-state index in [1.807, 2.05) is 63.5 Å². The van der Waals surface area contributed by atoms with Crippen LogP contribution in [0.2, 0.25) is 0 Å². The third kappa shape index (κ3) is 4.61. The highest BCUT2D eigenvalue weighted by Gasteiger charge is 2.26. The lowest BCUT2D eigenvalue weighted by molar-refractivity contribution is -0.119. The summed E-state index contributed by atoms with van der Waals surface area (Å²) in [6, 6.07) is 7.64. The Labute approximate surface area is 186 Å². The Morgan fingerprint density at radius 3 is 2.44 bits per heavy atom. The molecule has 3 rings (SSSR count). The molecule has 0 spiro atoms. The fourth-order valence-corrected chi connectivity index (χ4v) is 3.86. The molecule has 2 heterocycles. The molecule has 0 radical (unpaired) electrons. The average Bonchev–Trinajstić information content (AvgIpc) is 3.07. The molecule has 3 N–H and O–H groups in total. The number of aromatic nitrogens is 4. The molecule has 0 bridgehead atoms. The number of rotatable bonds is 8. The number of hydrogen-bond acceptors (Lipinski definition) is 5. The number of aryl methyl sites for hydroxylation is 1. The zero-order valence-corrected chi connectivity index (χ0v) is 19.4. The number of amides is 1. The Hall–Kier alpha value is -3.36. The first-order chi connectivity index (χ1) is 15.1. The summed E-state index contributed by atoms with van der Waals surface area (Å²) in [5, 5.41) is 0. The summed E-state index contributed by atoms with van der Waals surface area (Å²) in [5.74, 6) is 0.715. The molecule has 0 atom stereocenters. The molecule has 172 valence electrons. The summed E-state index contributed by atoms with van der Waals surface area (Å²) in [5.41, 5.74) is 6.76. The van der Waals surface area contributed by atoms with E-state index in [0.29, 0.717) is 19.5 Å². The molecule has 0 aliphatic rings. The number of para-hydroxylation sites is 2. The molecule has 2 aromatic heterocycles. The van der Waals surface area contributed by atoms with Gasteiger partial charge in [-0.1, -0.05) is 46.8 Å². The van der Waals surface area contributed by atoms with Gasteiger partial charge in [-0.15, -0.1) is 0 Å². The highest BCUT2D eigenvalue weighted by atomic mass is 16.2. The molecule has 9 heteroatoms. The second-order valence-electron chi connectivity index (χ2n) is 8.85. The second kappa shape index (κ2) is 9.42. The van der Waals surface area contributed by atoms with Crippen LogP contribution in [0.5, 0.6) is 0 Å². The Morgan fingerprint density at radius 2 is 1.81 bits per heavy atom. The van der Waals surface area contributed by atoms with Gasteiger partial charge in [0.1, 0.15) is 18.2 Å². The molecule has 1 aromatic carbocycles. The highest BCUT2D eigenvalue weighted by Crippen LogP contribution is 2.22. The monoisotopic (exact) mass is 440 g/mol. The number of imidazole rings is 1. The third-order valence-corrected chi connectivity index (χ3v) is 5.22. The second-order valence-corrected chi connectivity index (χ2v) is 8.85. The lowest BCUT2D eigenvalue weighted by atomic mass is 10.2. The van der Waals surface area contributed by atoms with Crippen molar-refractivity contribution in [2.75, 3.05) is 17.2 Å². The first kappa shape index (κ1) is 23.3. The number of nitrogens with one attached hydrogen (secondary N) is 1. The van der Waals surface area contributed by atoms with Crippen molar-refractivity contribution in [1.29, 1.82) is 0 Å². The van der Waals surface area contributed by atoms with Crippen molar-refractivity contribution >= 4 is 28.4 Å². The van der Waals surface area contributed by atoms with Gasteiger partial charge in [0.25, 0.3) is 5.56 Å². The van der Waals surface area contributed by atoms with Crippen molar-refractivity contribution in [3.05, 3.63) is 50.9 Å². The van der Waals surface area contributed by atoms with Crippen molar-refractivity contribution in [2.24, 2.45) is 11.8 Å². The minimum Gasteiger partial charge on any atom is -0.383 e. The highest BCUT2D eigenvalue weighted by molar-refractivity contribution is 5.96. The number of fused-ring (bicyclic) bond motifs is 1. The van der Waals surface area contributed by atoms with E-state index in [2.05, 4.69) is 9.97 Å². The number of nitrogen functional groups attached to an aromatic ring is 1. The molecule has 1 amide bonds. The largest absolute Gasteiger partial charge is 0.383 e. The molecular formula is C23H32N6O3. The normalized spacial score (nSPS) is 11.6. The Morgan fingerprint density at radius 1 is 1.12 bits per heavy atom. The van der Waals surface area contributed by atoms with E-state index in [1.54, 1.807) is 0 Å². The van der Waals surface area contributed by atoms with Gasteiger partial charge in [0.15, 0.2) is 5.69 Å². The predicted molar refractivity (Wildman–Crippen MR) is 127 cm³/mol. The van der Waals surface area contributed by atoms with Crippen LogP contribution in [-0.4, -0.2) is 31.6 Å². The number of carbonyl (C=O) groups is 1. The van der Waals surface area contributed by atoms with E-state index < -0.39 is 11.2 Å². The first-order valence-corrected chi connectivity index (χ1v) is 11.0. The predicted octanol–water partition coefficient (Wildman–Crippen LogP) is 2.38. The molecule has 32 heavy (non-hydrogen) atoms. The first-order valence-electron chi connectivity index (χ1n) is 11.0. The van der Waals surface area contributed by atoms with Crippen LogP contribution in [0.15, 0.2) is 33.9 Å². The lowest BCUT2D eigenvalue weighted by Crippen LogP contribution is -2.44. The number of H-pyrrole nitrogens is 1. The SMILES string of the molecule is CCc1nc2ccccc2n1CC(=O)N(CC(C)C)c1c(N)n(CC(C)C)c(=O)[nH]c1=O. The van der Waals surface area contributed by atoms with Crippen LogP contribution < -0.4 is 21.9 Å². The van der Waals surface area contributed by atoms with E-state index in [0.717, 1.165) is 16.9 Å². The average molecular weight is 441 g/mol. The molecule has 0 saturated heterocycles. The molecule has 0 unspecified atom stereocenters. The Bertz CT molecular complexity index is 1230. The zero-order valence-electron chi connectivity index (χ0n) is 19.4. The van der Waals surface area contributed by atoms with Gasteiger partial charge in [0.05, 0.1) is 11.0 Å². The smallest absolute Gasteiger partial charge is 0.330 e. The molecule has 0 saturated carbocycles. The van der Waals surface area contributed by atoms with Crippen molar-refractivity contribution in [3.63, 3.8) is 0 Å². The Kier molecular flexibility index (Phi) is 6.86. The van der Waals surface area contributed by atoms with E-state index in [4.69, 9.17) is 5.73 Å². The van der Waals surface area contributed by atoms with Gasteiger partial charge in [-0.3, -0.25) is 19.1 Å². The fraction of sp³-hybridized carbons (Fsp3) is 0.478. The van der Waals surface area contributed by atoms with Gasteiger partial charge in [-0.25, -0.2) is 9.78 Å². The Balaban J connectivity index is 2.10. The number of hydrogen-bond donors (Lipinski definition) is 2. The maximum atomic E-state index is 13.6. The van der Waals surface area contributed by atoms with E-state index >= 15 is 0 Å². The van der Waals surface area contributed by atoms with E-state index in [-0.39, 0.29) is 35.8 Å². The van der Waals surface area contributed by atoms with Crippen LogP contribution in [0.3, 0.4) is 0 Å². The lowest BCUT2D eigenvalue weighted by Gasteiger charge is -2.27. The van der Waals surface area contributed by atoms with Crippen LogP contribution in [0.4, 0.5) is 11.5 Å². The van der Waals surface area contributed by atoms with Crippen molar-refractivity contribution in [2.45, 2.75) is 54.1 Å². The molecule has 0 aliphatic carbocycles. The van der Waals surface area contributed by atoms with Gasteiger partial charge in [-0.05, 0) is 24.0 Å². The van der Waals surface area contributed by atoms with Crippen LogP contribution in [0, 0.1) is 11.8 Å². The minimum absolute atomic E-state index is 0.00709. The topological polar surface area (TPSA) is 119 Å². The van der Waals surface area contributed by atoms with Crippen LogP contribution in [0.1, 0.15) is 40.4 Å². The number of anilines is 2. The van der Waals surface area contributed by atoms with Crippen molar-refractivity contribution in [1.82, 2.24) is 19.1 Å². The number of nitrogens with zero attached hydrogens (tertiary/aromatic N) is 4. The molecule has 9 nitrogen and oxygen atoms in total. The van der Waals surface area contributed by atoms with Crippen LogP contribution in [0.25, 0.3) is 11.0 Å². The number of benzene rings is 1. The van der Waals surface area contributed by atoms with Crippen LogP contribution >= 0.6 is 0 Å². The number of nitrogens with two attached hydrogens (primary N) is 1. The zero-order chi connectivity index (χ0) is 23.6.